The van der Waals surface area contributed by atoms with E-state index < -0.39 is 10.0 Å². The molecule has 0 aromatic carbocycles. The molecule has 1 saturated heterocycles. The second-order valence-electron chi connectivity index (χ2n) is 5.52. The van der Waals surface area contributed by atoms with Crippen LogP contribution >= 0.6 is 35.1 Å². The lowest BCUT2D eigenvalue weighted by atomic mass is 10.1. The molecule has 1 fully saturated rings. The van der Waals surface area contributed by atoms with Crippen molar-refractivity contribution in [2.45, 2.75) is 30.3 Å². The van der Waals surface area contributed by atoms with Crippen molar-refractivity contribution < 1.29 is 13.2 Å². The molecule has 0 bridgehead atoms. The molecule has 0 spiro atoms. The molecule has 0 saturated carbocycles. The minimum atomic E-state index is -3.72. The van der Waals surface area contributed by atoms with E-state index >= 15 is 0 Å². The molecule has 1 amide bonds. The van der Waals surface area contributed by atoms with E-state index in [0.29, 0.717) is 0 Å². The van der Waals surface area contributed by atoms with Gasteiger partial charge in [-0.1, -0.05) is 6.07 Å². The molecule has 3 N–H and O–H groups in total. The third-order valence-electron chi connectivity index (χ3n) is 3.82. The summed E-state index contributed by atoms with van der Waals surface area (Å²) in [6, 6.07) is 5.32. The molecule has 3 heterocycles. The first kappa shape index (κ1) is 20.3. The smallest absolute Gasteiger partial charge is 0.262 e. The fourth-order valence-electron chi connectivity index (χ4n) is 2.55. The highest BCUT2D eigenvalue weighted by atomic mass is 35.5. The van der Waals surface area contributed by atoms with Crippen LogP contribution in [0, 0.1) is 0 Å². The van der Waals surface area contributed by atoms with Gasteiger partial charge in [0.25, 0.3) is 5.91 Å². The molecule has 0 atom stereocenters. The van der Waals surface area contributed by atoms with Crippen molar-refractivity contribution >= 4 is 51.0 Å². The van der Waals surface area contributed by atoms with E-state index in [-0.39, 0.29) is 40.7 Å². The van der Waals surface area contributed by atoms with Crippen LogP contribution in [0.1, 0.15) is 27.4 Å². The molecule has 25 heavy (non-hydrogen) atoms. The van der Waals surface area contributed by atoms with Gasteiger partial charge in [-0.05, 0) is 48.8 Å². The standard InChI is InChI=1S/C15H19N3O3S3.ClH/c19-15(18-11-3-6-16-7-4-11)14-13(5-9-23-14)24(20,21)17-10-12-2-1-8-22-12;/h1-2,5,8-9,11,16-17H,3-4,6-7,10H2,(H,18,19);1H. The summed E-state index contributed by atoms with van der Waals surface area (Å²) >= 11 is 2.64. The number of hydrogen-bond acceptors (Lipinski definition) is 6. The topological polar surface area (TPSA) is 87.3 Å². The number of nitrogens with one attached hydrogen (secondary N) is 3. The molecule has 0 aliphatic carbocycles. The molecule has 2 aromatic heterocycles. The van der Waals surface area contributed by atoms with Crippen LogP contribution in [0.3, 0.4) is 0 Å². The van der Waals surface area contributed by atoms with Gasteiger partial charge in [-0.3, -0.25) is 4.79 Å². The summed E-state index contributed by atoms with van der Waals surface area (Å²) in [6.07, 6.45) is 1.71. The summed E-state index contributed by atoms with van der Waals surface area (Å²) < 4.78 is 27.6. The zero-order valence-corrected chi connectivity index (χ0v) is 16.6. The Morgan fingerprint density at radius 1 is 1.20 bits per heavy atom. The molecule has 138 valence electrons. The van der Waals surface area contributed by atoms with Crippen molar-refractivity contribution in [3.8, 4) is 0 Å². The van der Waals surface area contributed by atoms with Crippen LogP contribution in [0.15, 0.2) is 33.9 Å². The number of hydrogen-bond donors (Lipinski definition) is 3. The highest BCUT2D eigenvalue weighted by molar-refractivity contribution is 7.89. The Bertz CT molecular complexity index is 784. The van der Waals surface area contributed by atoms with Gasteiger partial charge in [0.15, 0.2) is 0 Å². The predicted molar refractivity (Wildman–Crippen MR) is 103 cm³/mol. The summed E-state index contributed by atoms with van der Waals surface area (Å²) in [7, 11) is -3.72. The fraction of sp³-hybridized carbons (Fsp3) is 0.400. The van der Waals surface area contributed by atoms with Crippen LogP contribution in [0.2, 0.25) is 0 Å². The van der Waals surface area contributed by atoms with E-state index in [1.54, 1.807) is 5.38 Å². The average Bonchev–Trinajstić information content (AvgIpc) is 3.26. The second kappa shape index (κ2) is 9.11. The number of halogens is 1. The van der Waals surface area contributed by atoms with Gasteiger partial charge < -0.3 is 10.6 Å². The summed E-state index contributed by atoms with van der Waals surface area (Å²) in [4.78, 5) is 13.7. The largest absolute Gasteiger partial charge is 0.348 e. The Kier molecular flexibility index (Phi) is 7.41. The SMILES string of the molecule is Cl.O=C(NC1CCNCC1)c1sccc1S(=O)(=O)NCc1cccs1. The number of sulfonamides is 1. The van der Waals surface area contributed by atoms with Crippen molar-refractivity contribution in [2.24, 2.45) is 0 Å². The van der Waals surface area contributed by atoms with Gasteiger partial charge in [0.1, 0.15) is 9.77 Å². The Balaban J connectivity index is 0.00000225. The summed E-state index contributed by atoms with van der Waals surface area (Å²) in [6.45, 7) is 1.96. The second-order valence-corrected chi connectivity index (χ2v) is 9.20. The quantitative estimate of drug-likeness (QED) is 0.667. The van der Waals surface area contributed by atoms with Crippen LogP contribution in [-0.4, -0.2) is 33.5 Å². The zero-order chi connectivity index (χ0) is 17.0. The Morgan fingerprint density at radius 3 is 2.64 bits per heavy atom. The fourth-order valence-corrected chi connectivity index (χ4v) is 5.62. The number of carbonyl (C=O) groups is 1. The molecule has 1 aliphatic rings. The molecule has 0 radical (unpaired) electrons. The zero-order valence-electron chi connectivity index (χ0n) is 13.4. The van der Waals surface area contributed by atoms with Gasteiger partial charge in [-0.25, -0.2) is 13.1 Å². The van der Waals surface area contributed by atoms with Gasteiger partial charge in [-0.2, -0.15) is 0 Å². The first-order chi connectivity index (χ1) is 11.6. The van der Waals surface area contributed by atoms with Crippen LogP contribution in [0.4, 0.5) is 0 Å². The first-order valence-electron chi connectivity index (χ1n) is 7.67. The van der Waals surface area contributed by atoms with Crippen molar-refractivity contribution in [1.29, 1.82) is 0 Å². The number of amides is 1. The van der Waals surface area contributed by atoms with Crippen LogP contribution in [0.25, 0.3) is 0 Å². The molecule has 2 aromatic rings. The Hall–Kier alpha value is -0.970. The molecule has 1 aliphatic heterocycles. The van der Waals surface area contributed by atoms with Crippen LogP contribution in [0.5, 0.6) is 0 Å². The molecule has 3 rings (SSSR count). The van der Waals surface area contributed by atoms with Crippen LogP contribution < -0.4 is 15.4 Å². The maximum atomic E-state index is 12.5. The van der Waals surface area contributed by atoms with Crippen molar-refractivity contribution in [3.05, 3.63) is 38.7 Å². The lowest BCUT2D eigenvalue weighted by Gasteiger charge is -2.23. The average molecular weight is 422 g/mol. The minimum Gasteiger partial charge on any atom is -0.348 e. The molecule has 6 nitrogen and oxygen atoms in total. The van der Waals surface area contributed by atoms with Gasteiger partial charge in [-0.15, -0.1) is 35.1 Å². The summed E-state index contributed by atoms with van der Waals surface area (Å²) in [5.41, 5.74) is 0. The van der Waals surface area contributed by atoms with E-state index in [1.165, 1.54) is 17.4 Å². The predicted octanol–water partition coefficient (Wildman–Crippen LogP) is 2.19. The van der Waals surface area contributed by atoms with Crippen molar-refractivity contribution in [3.63, 3.8) is 0 Å². The number of thiophene rings is 2. The van der Waals surface area contributed by atoms with Crippen molar-refractivity contribution in [1.82, 2.24) is 15.4 Å². The normalized spacial score (nSPS) is 15.5. The Labute approximate surface area is 161 Å². The maximum absolute atomic E-state index is 12.5. The third kappa shape index (κ3) is 5.25. The van der Waals surface area contributed by atoms with E-state index in [2.05, 4.69) is 15.4 Å². The highest BCUT2D eigenvalue weighted by Crippen LogP contribution is 2.23. The molecule has 0 unspecified atom stereocenters. The Morgan fingerprint density at radius 2 is 1.96 bits per heavy atom. The van der Waals surface area contributed by atoms with Crippen LogP contribution in [-0.2, 0) is 16.6 Å². The first-order valence-corrected chi connectivity index (χ1v) is 10.9. The van der Waals surface area contributed by atoms with Gasteiger partial charge in [0.2, 0.25) is 10.0 Å². The van der Waals surface area contributed by atoms with E-state index in [4.69, 9.17) is 0 Å². The van der Waals surface area contributed by atoms with E-state index in [9.17, 15) is 13.2 Å². The monoisotopic (exact) mass is 421 g/mol. The molecular weight excluding hydrogens is 402 g/mol. The third-order valence-corrected chi connectivity index (χ3v) is 7.18. The van der Waals surface area contributed by atoms with Gasteiger partial charge in [0, 0.05) is 17.5 Å². The minimum absolute atomic E-state index is 0. The lowest BCUT2D eigenvalue weighted by molar-refractivity contribution is 0.0930. The lowest BCUT2D eigenvalue weighted by Crippen LogP contribution is -2.42. The van der Waals surface area contributed by atoms with E-state index in [1.807, 2.05) is 17.5 Å². The highest BCUT2D eigenvalue weighted by Gasteiger charge is 2.25. The van der Waals surface area contributed by atoms with Crippen molar-refractivity contribution in [2.75, 3.05) is 13.1 Å². The van der Waals surface area contributed by atoms with Gasteiger partial charge in [0.05, 0.1) is 0 Å². The molecular formula is C15H20ClN3O3S3. The maximum Gasteiger partial charge on any atom is 0.262 e. The molecule has 10 heteroatoms. The number of carbonyl (C=O) groups excluding carboxylic acids is 1. The van der Waals surface area contributed by atoms with Gasteiger partial charge >= 0.3 is 0 Å². The summed E-state index contributed by atoms with van der Waals surface area (Å²) in [5, 5.41) is 9.71. The number of rotatable bonds is 6. The summed E-state index contributed by atoms with van der Waals surface area (Å²) in [5.74, 6) is -0.312. The number of piperidine rings is 1. The van der Waals surface area contributed by atoms with E-state index in [0.717, 1.165) is 42.1 Å².